The first-order chi connectivity index (χ1) is 16.1. The fourth-order valence-corrected chi connectivity index (χ4v) is 7.39. The Bertz CT molecular complexity index is 1160. The Balaban J connectivity index is 1.77. The molecule has 0 radical (unpaired) electrons. The third-order valence-electron chi connectivity index (χ3n) is 6.82. The highest BCUT2D eigenvalue weighted by Gasteiger charge is 2.54. The number of fused-ring (bicyclic) bond motifs is 1. The standard InChI is InChI=1S/C25H32FN3O4S/c1-17-14-28(19(13-27-17)16-33-4)15-23(30)29-22-11-10-18(26)12-21(22)25(2,3)24(29)34(31,32)20-8-6-5-7-9-20/h5-12,17,19,24,27H,13-16H2,1-4H3/t17-,19-,24?/m1/s1. The monoisotopic (exact) mass is 489 g/mol. The number of nitrogens with zero attached hydrogens (tertiary/aromatic N) is 2. The van der Waals surface area contributed by atoms with E-state index in [4.69, 9.17) is 4.74 Å². The molecule has 2 aromatic carbocycles. The molecule has 1 fully saturated rings. The Hall–Kier alpha value is -2.33. The van der Waals surface area contributed by atoms with E-state index in [1.807, 2.05) is 11.8 Å². The molecule has 1 amide bonds. The number of ether oxygens (including phenoxy) is 1. The van der Waals surface area contributed by atoms with Crippen molar-refractivity contribution in [3.05, 3.63) is 59.9 Å². The van der Waals surface area contributed by atoms with Crippen LogP contribution in [-0.4, -0.2) is 70.0 Å². The van der Waals surface area contributed by atoms with E-state index in [0.717, 1.165) is 0 Å². The smallest absolute Gasteiger partial charge is 0.242 e. The van der Waals surface area contributed by atoms with Crippen LogP contribution in [0.4, 0.5) is 10.1 Å². The predicted octanol–water partition coefficient (Wildman–Crippen LogP) is 2.56. The average Bonchev–Trinajstić information content (AvgIpc) is 3.03. The summed E-state index contributed by atoms with van der Waals surface area (Å²) in [5, 5.41) is 2.19. The second-order valence-electron chi connectivity index (χ2n) is 9.71. The molecule has 2 aliphatic rings. The third kappa shape index (κ3) is 4.37. The average molecular weight is 490 g/mol. The number of sulfone groups is 1. The highest BCUT2D eigenvalue weighted by Crippen LogP contribution is 2.48. The normalized spacial score (nSPS) is 24.7. The van der Waals surface area contributed by atoms with Crippen LogP contribution in [0.1, 0.15) is 26.3 Å². The summed E-state index contributed by atoms with van der Waals surface area (Å²) in [5.74, 6) is -0.800. The zero-order chi connectivity index (χ0) is 24.7. The number of carbonyl (C=O) groups is 1. The maximum Gasteiger partial charge on any atom is 0.242 e. The van der Waals surface area contributed by atoms with Crippen molar-refractivity contribution in [2.75, 3.05) is 38.3 Å². The quantitative estimate of drug-likeness (QED) is 0.672. The SMILES string of the molecule is COC[C@H]1CN[C@H](C)CN1CC(=O)N1c2ccc(F)cc2C(C)(C)C1S(=O)(=O)c1ccccc1. The molecule has 0 aromatic heterocycles. The minimum atomic E-state index is -3.97. The summed E-state index contributed by atoms with van der Waals surface area (Å²) in [6, 6.07) is 12.4. The van der Waals surface area contributed by atoms with Gasteiger partial charge in [0.25, 0.3) is 0 Å². The van der Waals surface area contributed by atoms with Crippen LogP contribution in [0, 0.1) is 5.82 Å². The van der Waals surface area contributed by atoms with Gasteiger partial charge in [0.15, 0.2) is 5.37 Å². The first-order valence-electron chi connectivity index (χ1n) is 11.4. The van der Waals surface area contributed by atoms with Crippen LogP contribution >= 0.6 is 0 Å². The number of carbonyl (C=O) groups excluding carboxylic acids is 1. The van der Waals surface area contributed by atoms with E-state index in [1.54, 1.807) is 39.2 Å². The Labute approximate surface area is 200 Å². The van der Waals surface area contributed by atoms with Crippen molar-refractivity contribution in [1.82, 2.24) is 10.2 Å². The second kappa shape index (κ2) is 9.37. The zero-order valence-electron chi connectivity index (χ0n) is 20.0. The van der Waals surface area contributed by atoms with Crippen LogP contribution in [0.5, 0.6) is 0 Å². The molecule has 1 saturated heterocycles. The van der Waals surface area contributed by atoms with Gasteiger partial charge in [-0.05, 0) is 42.8 Å². The Kier molecular flexibility index (Phi) is 6.83. The van der Waals surface area contributed by atoms with Gasteiger partial charge in [-0.15, -0.1) is 0 Å². The number of hydrogen-bond acceptors (Lipinski definition) is 6. The molecule has 2 aliphatic heterocycles. The molecule has 1 N–H and O–H groups in total. The molecule has 9 heteroatoms. The Morgan fingerprint density at radius 1 is 1.21 bits per heavy atom. The lowest BCUT2D eigenvalue weighted by atomic mass is 9.86. The van der Waals surface area contributed by atoms with Crippen molar-refractivity contribution in [1.29, 1.82) is 0 Å². The number of nitrogens with one attached hydrogen (secondary N) is 1. The summed E-state index contributed by atoms with van der Waals surface area (Å²) in [4.78, 5) is 17.4. The number of anilines is 1. The molecule has 0 spiro atoms. The molecular formula is C25H32FN3O4S. The van der Waals surface area contributed by atoms with E-state index in [2.05, 4.69) is 5.32 Å². The number of rotatable bonds is 6. The summed E-state index contributed by atoms with van der Waals surface area (Å²) >= 11 is 0. The molecule has 184 valence electrons. The van der Waals surface area contributed by atoms with Crippen molar-refractivity contribution >= 4 is 21.4 Å². The lowest BCUT2D eigenvalue weighted by Crippen LogP contribution is -2.60. The van der Waals surface area contributed by atoms with Crippen molar-refractivity contribution in [3.8, 4) is 0 Å². The molecule has 0 bridgehead atoms. The van der Waals surface area contributed by atoms with Crippen molar-refractivity contribution < 1.29 is 22.3 Å². The maximum atomic E-state index is 14.2. The highest BCUT2D eigenvalue weighted by molar-refractivity contribution is 7.92. The van der Waals surface area contributed by atoms with Crippen LogP contribution in [0.25, 0.3) is 0 Å². The van der Waals surface area contributed by atoms with E-state index < -0.39 is 26.4 Å². The Morgan fingerprint density at radius 2 is 1.91 bits per heavy atom. The summed E-state index contributed by atoms with van der Waals surface area (Å²) < 4.78 is 47.4. The van der Waals surface area contributed by atoms with E-state index in [0.29, 0.717) is 30.9 Å². The minimum Gasteiger partial charge on any atom is -0.383 e. The third-order valence-corrected chi connectivity index (χ3v) is 9.14. The predicted molar refractivity (Wildman–Crippen MR) is 129 cm³/mol. The molecule has 4 rings (SSSR count). The number of methoxy groups -OCH3 is 1. The summed E-state index contributed by atoms with van der Waals surface area (Å²) in [6.45, 7) is 7.33. The van der Waals surface area contributed by atoms with Gasteiger partial charge in [0.2, 0.25) is 15.7 Å². The van der Waals surface area contributed by atoms with Gasteiger partial charge in [0.1, 0.15) is 5.82 Å². The second-order valence-corrected chi connectivity index (χ2v) is 11.7. The molecule has 0 aliphatic carbocycles. The summed E-state index contributed by atoms with van der Waals surface area (Å²) in [5.41, 5.74) is -0.0791. The van der Waals surface area contributed by atoms with Crippen molar-refractivity contribution in [2.45, 2.75) is 48.5 Å². The van der Waals surface area contributed by atoms with E-state index in [1.165, 1.54) is 35.2 Å². The summed E-state index contributed by atoms with van der Waals surface area (Å²) in [7, 11) is -2.35. The van der Waals surface area contributed by atoms with E-state index >= 15 is 0 Å². The lowest BCUT2D eigenvalue weighted by molar-refractivity contribution is -0.121. The van der Waals surface area contributed by atoms with Crippen molar-refractivity contribution in [2.24, 2.45) is 0 Å². The number of benzene rings is 2. The molecule has 0 saturated carbocycles. The van der Waals surface area contributed by atoms with Crippen LogP contribution < -0.4 is 10.2 Å². The van der Waals surface area contributed by atoms with Gasteiger partial charge in [0.05, 0.1) is 18.0 Å². The van der Waals surface area contributed by atoms with Gasteiger partial charge in [-0.25, -0.2) is 12.8 Å². The summed E-state index contributed by atoms with van der Waals surface area (Å²) in [6.07, 6.45) is 0. The van der Waals surface area contributed by atoms with Gasteiger partial charge in [-0.2, -0.15) is 0 Å². The number of hydrogen-bond donors (Lipinski definition) is 1. The fraction of sp³-hybridized carbons (Fsp3) is 0.480. The lowest BCUT2D eigenvalue weighted by Gasteiger charge is -2.40. The van der Waals surface area contributed by atoms with Gasteiger partial charge in [0, 0.05) is 43.4 Å². The van der Waals surface area contributed by atoms with Gasteiger partial charge in [-0.3, -0.25) is 14.6 Å². The molecule has 34 heavy (non-hydrogen) atoms. The highest BCUT2D eigenvalue weighted by atomic mass is 32.2. The largest absolute Gasteiger partial charge is 0.383 e. The van der Waals surface area contributed by atoms with Gasteiger partial charge >= 0.3 is 0 Å². The zero-order valence-corrected chi connectivity index (χ0v) is 20.8. The molecular weight excluding hydrogens is 457 g/mol. The Morgan fingerprint density at radius 3 is 2.59 bits per heavy atom. The van der Waals surface area contributed by atoms with Crippen LogP contribution in [-0.2, 0) is 24.8 Å². The van der Waals surface area contributed by atoms with Gasteiger partial charge < -0.3 is 10.1 Å². The molecule has 1 unspecified atom stereocenters. The maximum absolute atomic E-state index is 14.2. The van der Waals surface area contributed by atoms with Crippen LogP contribution in [0.3, 0.4) is 0 Å². The van der Waals surface area contributed by atoms with Crippen LogP contribution in [0.2, 0.25) is 0 Å². The molecule has 3 atom stereocenters. The minimum absolute atomic E-state index is 0.0161. The number of halogens is 1. The number of amides is 1. The topological polar surface area (TPSA) is 79.0 Å². The fourth-order valence-electron chi connectivity index (χ4n) is 5.18. The molecule has 7 nitrogen and oxygen atoms in total. The number of piperazine rings is 1. The van der Waals surface area contributed by atoms with E-state index in [9.17, 15) is 17.6 Å². The first-order valence-corrected chi connectivity index (χ1v) is 13.0. The molecule has 2 aromatic rings. The first kappa shape index (κ1) is 24.8. The van der Waals surface area contributed by atoms with Gasteiger partial charge in [-0.1, -0.05) is 32.0 Å². The van der Waals surface area contributed by atoms with Crippen molar-refractivity contribution in [3.63, 3.8) is 0 Å². The molecule has 2 heterocycles. The van der Waals surface area contributed by atoms with Crippen LogP contribution in [0.15, 0.2) is 53.4 Å². The van der Waals surface area contributed by atoms with E-state index in [-0.39, 0.29) is 29.4 Å².